The molecule has 0 aliphatic carbocycles. The Bertz CT molecular complexity index is 521. The molecule has 3 nitrogen and oxygen atoms in total. The second-order valence-electron chi connectivity index (χ2n) is 5.19. The van der Waals surface area contributed by atoms with Crippen molar-refractivity contribution in [1.29, 1.82) is 0 Å². The van der Waals surface area contributed by atoms with Crippen molar-refractivity contribution in [1.82, 2.24) is 0 Å². The molecule has 0 radical (unpaired) electrons. The van der Waals surface area contributed by atoms with Crippen LogP contribution >= 0.6 is 10.7 Å². The summed E-state index contributed by atoms with van der Waals surface area (Å²) in [4.78, 5) is -0.335. The van der Waals surface area contributed by atoms with Crippen LogP contribution in [0.1, 0.15) is 27.2 Å². The van der Waals surface area contributed by atoms with E-state index in [9.17, 15) is 12.8 Å². The van der Waals surface area contributed by atoms with Crippen molar-refractivity contribution in [3.63, 3.8) is 0 Å². The molecule has 0 N–H and O–H groups in total. The summed E-state index contributed by atoms with van der Waals surface area (Å²) in [5, 5.41) is 0. The molecule has 0 spiro atoms. The van der Waals surface area contributed by atoms with Gasteiger partial charge in [0, 0.05) is 10.7 Å². The van der Waals surface area contributed by atoms with Crippen LogP contribution in [0.4, 0.5) is 4.39 Å². The minimum Gasteiger partial charge on any atom is -0.492 e. The van der Waals surface area contributed by atoms with Crippen molar-refractivity contribution in [2.24, 2.45) is 5.41 Å². The van der Waals surface area contributed by atoms with Crippen molar-refractivity contribution in [2.45, 2.75) is 32.1 Å². The monoisotopic (exact) mass is 294 g/mol. The minimum atomic E-state index is -4.01. The summed E-state index contributed by atoms with van der Waals surface area (Å²) in [6.07, 6.45) is 0.742. The summed E-state index contributed by atoms with van der Waals surface area (Å²) in [7, 11) is 1.22. The summed E-state index contributed by atoms with van der Waals surface area (Å²) in [5.41, 5.74) is 0.0695. The molecule has 0 unspecified atom stereocenters. The van der Waals surface area contributed by atoms with E-state index in [-0.39, 0.29) is 16.1 Å². The zero-order chi connectivity index (χ0) is 14.0. The fraction of sp³-hybridized carbons (Fsp3) is 0.500. The molecule has 6 heteroatoms. The Kier molecular flexibility index (Phi) is 4.61. The van der Waals surface area contributed by atoms with Crippen molar-refractivity contribution in [2.75, 3.05) is 6.61 Å². The number of rotatable bonds is 4. The summed E-state index contributed by atoms with van der Waals surface area (Å²) in [6, 6.07) is 3.26. The highest BCUT2D eigenvalue weighted by Gasteiger charge is 2.19. The molecule has 18 heavy (non-hydrogen) atoms. The van der Waals surface area contributed by atoms with Gasteiger partial charge in [0.15, 0.2) is 0 Å². The average Bonchev–Trinajstić information content (AvgIpc) is 2.17. The van der Waals surface area contributed by atoms with Crippen LogP contribution in [0.2, 0.25) is 0 Å². The van der Waals surface area contributed by atoms with Crippen molar-refractivity contribution in [3.05, 3.63) is 24.0 Å². The predicted octanol–water partition coefficient (Wildman–Crippen LogP) is 3.57. The van der Waals surface area contributed by atoms with Gasteiger partial charge >= 0.3 is 0 Å². The van der Waals surface area contributed by atoms with Crippen LogP contribution in [0.15, 0.2) is 23.1 Å². The first-order chi connectivity index (χ1) is 8.09. The predicted molar refractivity (Wildman–Crippen MR) is 69.0 cm³/mol. The lowest BCUT2D eigenvalue weighted by atomic mass is 9.93. The van der Waals surface area contributed by atoms with Crippen LogP contribution in [0.3, 0.4) is 0 Å². The number of hydrogen-bond donors (Lipinski definition) is 0. The SMILES string of the molecule is CC(C)(C)CCOc1ccc(F)cc1S(=O)(=O)Cl. The fourth-order valence-corrected chi connectivity index (χ4v) is 2.24. The second-order valence-corrected chi connectivity index (χ2v) is 7.72. The Hall–Kier alpha value is -0.810. The normalized spacial score (nSPS) is 12.5. The van der Waals surface area contributed by atoms with Gasteiger partial charge in [-0.05, 0) is 30.0 Å². The van der Waals surface area contributed by atoms with Gasteiger partial charge in [0.25, 0.3) is 9.05 Å². The number of benzene rings is 1. The van der Waals surface area contributed by atoms with Crippen LogP contribution < -0.4 is 4.74 Å². The summed E-state index contributed by atoms with van der Waals surface area (Å²) < 4.78 is 40.9. The third kappa shape index (κ3) is 4.82. The molecule has 1 aromatic carbocycles. The Balaban J connectivity index is 2.90. The van der Waals surface area contributed by atoms with Gasteiger partial charge in [-0.1, -0.05) is 20.8 Å². The van der Waals surface area contributed by atoms with Gasteiger partial charge in [-0.3, -0.25) is 0 Å². The fourth-order valence-electron chi connectivity index (χ4n) is 1.26. The lowest BCUT2D eigenvalue weighted by Crippen LogP contribution is -2.12. The second kappa shape index (κ2) is 5.45. The van der Waals surface area contributed by atoms with Crippen molar-refractivity contribution < 1.29 is 17.5 Å². The van der Waals surface area contributed by atoms with E-state index < -0.39 is 14.9 Å². The quantitative estimate of drug-likeness (QED) is 0.797. The van der Waals surface area contributed by atoms with Crippen LogP contribution in [0, 0.1) is 11.2 Å². The summed E-state index contributed by atoms with van der Waals surface area (Å²) in [5.74, 6) is -0.590. The highest BCUT2D eigenvalue weighted by Crippen LogP contribution is 2.28. The third-order valence-electron chi connectivity index (χ3n) is 2.28. The molecule has 102 valence electrons. The molecular formula is C12H16ClFO3S. The Morgan fingerprint density at radius 3 is 2.44 bits per heavy atom. The van der Waals surface area contributed by atoms with Gasteiger partial charge in [-0.2, -0.15) is 0 Å². The van der Waals surface area contributed by atoms with Gasteiger partial charge in [0.2, 0.25) is 0 Å². The standard InChI is InChI=1S/C12H16ClFO3S/c1-12(2,3)6-7-17-10-5-4-9(14)8-11(10)18(13,15)16/h4-5,8H,6-7H2,1-3H3. The molecular weight excluding hydrogens is 279 g/mol. The Morgan fingerprint density at radius 1 is 1.33 bits per heavy atom. The lowest BCUT2D eigenvalue weighted by Gasteiger charge is -2.18. The van der Waals surface area contributed by atoms with E-state index in [1.807, 2.05) is 20.8 Å². The van der Waals surface area contributed by atoms with E-state index in [2.05, 4.69) is 0 Å². The topological polar surface area (TPSA) is 43.4 Å². The Labute approximate surface area is 111 Å². The van der Waals surface area contributed by atoms with Crippen molar-refractivity contribution >= 4 is 19.7 Å². The first kappa shape index (κ1) is 15.2. The number of halogens is 2. The van der Waals surface area contributed by atoms with E-state index in [4.69, 9.17) is 15.4 Å². The van der Waals surface area contributed by atoms with E-state index >= 15 is 0 Å². The van der Waals surface area contributed by atoms with Crippen molar-refractivity contribution in [3.8, 4) is 5.75 Å². The molecule has 0 heterocycles. The molecule has 1 aromatic rings. The average molecular weight is 295 g/mol. The lowest BCUT2D eigenvalue weighted by molar-refractivity contribution is 0.238. The van der Waals surface area contributed by atoms with Crippen LogP contribution in [-0.2, 0) is 9.05 Å². The van der Waals surface area contributed by atoms with E-state index in [0.717, 1.165) is 18.6 Å². The third-order valence-corrected chi connectivity index (χ3v) is 3.62. The minimum absolute atomic E-state index is 0.0695. The van der Waals surface area contributed by atoms with E-state index in [1.165, 1.54) is 6.07 Å². The highest BCUT2D eigenvalue weighted by molar-refractivity contribution is 8.13. The molecule has 0 atom stereocenters. The molecule has 0 fully saturated rings. The van der Waals surface area contributed by atoms with Gasteiger partial charge in [0.05, 0.1) is 6.61 Å². The van der Waals surface area contributed by atoms with Gasteiger partial charge in [-0.15, -0.1) is 0 Å². The molecule has 0 aliphatic rings. The molecule has 1 rings (SSSR count). The number of hydrogen-bond acceptors (Lipinski definition) is 3. The molecule has 0 aromatic heterocycles. The zero-order valence-electron chi connectivity index (χ0n) is 10.5. The maximum Gasteiger partial charge on any atom is 0.265 e. The number of ether oxygens (including phenoxy) is 1. The molecule has 0 bridgehead atoms. The maximum atomic E-state index is 13.0. The summed E-state index contributed by atoms with van der Waals surface area (Å²) in [6.45, 7) is 6.47. The van der Waals surface area contributed by atoms with E-state index in [0.29, 0.717) is 6.61 Å². The summed E-state index contributed by atoms with van der Waals surface area (Å²) >= 11 is 0. The van der Waals surface area contributed by atoms with Crippen LogP contribution in [0.25, 0.3) is 0 Å². The van der Waals surface area contributed by atoms with E-state index in [1.54, 1.807) is 0 Å². The van der Waals surface area contributed by atoms with Gasteiger partial charge in [-0.25, -0.2) is 12.8 Å². The van der Waals surface area contributed by atoms with Gasteiger partial charge < -0.3 is 4.74 Å². The Morgan fingerprint density at radius 2 is 1.94 bits per heavy atom. The molecule has 0 amide bonds. The smallest absolute Gasteiger partial charge is 0.265 e. The van der Waals surface area contributed by atoms with Crippen LogP contribution in [-0.4, -0.2) is 15.0 Å². The molecule has 0 saturated carbocycles. The van der Waals surface area contributed by atoms with Crippen LogP contribution in [0.5, 0.6) is 5.75 Å². The molecule has 0 aliphatic heterocycles. The first-order valence-electron chi connectivity index (χ1n) is 5.47. The largest absolute Gasteiger partial charge is 0.492 e. The maximum absolute atomic E-state index is 13.0. The molecule has 0 saturated heterocycles. The first-order valence-corrected chi connectivity index (χ1v) is 7.77. The highest BCUT2D eigenvalue weighted by atomic mass is 35.7. The zero-order valence-corrected chi connectivity index (χ0v) is 12.1. The van der Waals surface area contributed by atoms with Gasteiger partial charge in [0.1, 0.15) is 16.5 Å².